The number of carbonyl (C=O) groups is 1. The third-order valence-corrected chi connectivity index (χ3v) is 8.30. The standard InChI is InChI=1S/C27H38ClN5O4/c1-30(2)21-9-14-32(15-10-21)24(34)6-3-11-31-12-7-22(8-13-31)33-27(35)37-26(29-33)23-18-20(28)17-19-5-4-16-36-25(19)23/h17-18,21-22H,3-16H2,1-2H3. The molecule has 5 rings (SSSR count). The van der Waals surface area contributed by atoms with E-state index >= 15 is 0 Å². The van der Waals surface area contributed by atoms with Crippen LogP contribution in [-0.2, 0) is 11.2 Å². The Morgan fingerprint density at radius 2 is 1.89 bits per heavy atom. The number of nitrogens with zero attached hydrogens (tertiary/aromatic N) is 5. The van der Waals surface area contributed by atoms with Crippen molar-refractivity contribution < 1.29 is 13.9 Å². The molecule has 2 aromatic rings. The lowest BCUT2D eigenvalue weighted by atomic mass is 10.0. The summed E-state index contributed by atoms with van der Waals surface area (Å²) in [6.07, 6.45) is 7.05. The average molecular weight is 532 g/mol. The first kappa shape index (κ1) is 26.3. The van der Waals surface area contributed by atoms with Crippen molar-refractivity contribution in [1.82, 2.24) is 24.5 Å². The van der Waals surface area contributed by atoms with Gasteiger partial charge in [0.1, 0.15) is 5.75 Å². The summed E-state index contributed by atoms with van der Waals surface area (Å²) in [6.45, 7) is 5.01. The maximum atomic E-state index is 12.7. The zero-order valence-corrected chi connectivity index (χ0v) is 22.7. The second-order valence-corrected chi connectivity index (χ2v) is 11.2. The molecule has 0 unspecified atom stereocenters. The molecule has 0 bridgehead atoms. The first-order chi connectivity index (χ1) is 17.9. The Hall–Kier alpha value is -2.36. The van der Waals surface area contributed by atoms with Crippen LogP contribution in [-0.4, -0.2) is 89.9 Å². The highest BCUT2D eigenvalue weighted by atomic mass is 35.5. The van der Waals surface area contributed by atoms with Gasteiger partial charge in [-0.1, -0.05) is 11.6 Å². The van der Waals surface area contributed by atoms with E-state index in [1.54, 1.807) is 6.07 Å². The zero-order valence-electron chi connectivity index (χ0n) is 22.0. The smallest absolute Gasteiger partial charge is 0.437 e. The highest BCUT2D eigenvalue weighted by Crippen LogP contribution is 2.38. The van der Waals surface area contributed by atoms with Gasteiger partial charge >= 0.3 is 5.76 Å². The summed E-state index contributed by atoms with van der Waals surface area (Å²) in [4.78, 5) is 32.0. The first-order valence-corrected chi connectivity index (χ1v) is 14.0. The molecule has 9 nitrogen and oxygen atoms in total. The average Bonchev–Trinajstić information content (AvgIpc) is 3.29. The van der Waals surface area contributed by atoms with Gasteiger partial charge in [-0.2, -0.15) is 4.68 Å². The van der Waals surface area contributed by atoms with Crippen molar-refractivity contribution in [1.29, 1.82) is 0 Å². The first-order valence-electron chi connectivity index (χ1n) is 13.6. The van der Waals surface area contributed by atoms with Crippen molar-refractivity contribution in [2.45, 2.75) is 63.5 Å². The molecule has 0 radical (unpaired) electrons. The molecule has 0 aliphatic carbocycles. The van der Waals surface area contributed by atoms with Gasteiger partial charge in [-0.25, -0.2) is 4.79 Å². The summed E-state index contributed by atoms with van der Waals surface area (Å²) in [7, 11) is 4.23. The summed E-state index contributed by atoms with van der Waals surface area (Å²) >= 11 is 6.32. The molecule has 3 aliphatic rings. The van der Waals surface area contributed by atoms with Gasteiger partial charge in [0.2, 0.25) is 5.91 Å². The van der Waals surface area contributed by atoms with E-state index in [4.69, 9.17) is 20.8 Å². The van der Waals surface area contributed by atoms with Crippen LogP contribution >= 0.6 is 11.6 Å². The van der Waals surface area contributed by atoms with Gasteiger partial charge in [-0.15, -0.1) is 5.10 Å². The molecule has 0 spiro atoms. The second-order valence-electron chi connectivity index (χ2n) is 10.8. The highest BCUT2D eigenvalue weighted by Gasteiger charge is 2.28. The molecule has 0 atom stereocenters. The van der Waals surface area contributed by atoms with E-state index in [2.05, 4.69) is 29.0 Å². The topological polar surface area (TPSA) is 84.1 Å². The molecule has 0 N–H and O–H groups in total. The zero-order chi connectivity index (χ0) is 25.9. The minimum absolute atomic E-state index is 0.00296. The van der Waals surface area contributed by atoms with Gasteiger partial charge in [-0.05, 0) is 83.3 Å². The molecule has 4 heterocycles. The number of hydrogen-bond acceptors (Lipinski definition) is 7. The summed E-state index contributed by atoms with van der Waals surface area (Å²) in [5.41, 5.74) is 1.67. The van der Waals surface area contributed by atoms with Crippen molar-refractivity contribution in [2.75, 3.05) is 53.4 Å². The number of aromatic nitrogens is 2. The molecule has 1 aromatic carbocycles. The van der Waals surface area contributed by atoms with E-state index in [9.17, 15) is 9.59 Å². The Kier molecular flexibility index (Phi) is 8.21. The quantitative estimate of drug-likeness (QED) is 0.541. The minimum Gasteiger partial charge on any atom is -0.492 e. The normalized spacial score (nSPS) is 19.7. The fourth-order valence-corrected chi connectivity index (χ4v) is 6.10. The maximum absolute atomic E-state index is 12.7. The van der Waals surface area contributed by atoms with Gasteiger partial charge in [-0.3, -0.25) is 4.79 Å². The fraction of sp³-hybridized carbons (Fsp3) is 0.667. The molecular formula is C27H38ClN5O4. The van der Waals surface area contributed by atoms with E-state index in [1.807, 2.05) is 11.0 Å². The molecule has 2 fully saturated rings. The molecule has 2 saturated heterocycles. The van der Waals surface area contributed by atoms with Crippen LogP contribution in [0.3, 0.4) is 0 Å². The number of rotatable bonds is 7. The van der Waals surface area contributed by atoms with Crippen LogP contribution in [0.15, 0.2) is 21.3 Å². The molecule has 0 saturated carbocycles. The summed E-state index contributed by atoms with van der Waals surface area (Å²) < 4.78 is 12.9. The van der Waals surface area contributed by atoms with Gasteiger partial charge in [0, 0.05) is 43.7 Å². The van der Waals surface area contributed by atoms with Crippen LogP contribution in [0.4, 0.5) is 0 Å². The molecule has 37 heavy (non-hydrogen) atoms. The van der Waals surface area contributed by atoms with Crippen LogP contribution in [0.1, 0.15) is 56.6 Å². The van der Waals surface area contributed by atoms with E-state index < -0.39 is 5.76 Å². The van der Waals surface area contributed by atoms with Gasteiger partial charge in [0.25, 0.3) is 5.89 Å². The summed E-state index contributed by atoms with van der Waals surface area (Å²) in [5, 5.41) is 5.14. The second kappa shape index (κ2) is 11.6. The lowest BCUT2D eigenvalue weighted by molar-refractivity contribution is -0.132. The van der Waals surface area contributed by atoms with Crippen LogP contribution in [0.25, 0.3) is 11.5 Å². The lowest BCUT2D eigenvalue weighted by Crippen LogP contribution is -2.44. The van der Waals surface area contributed by atoms with Gasteiger partial charge in [0.15, 0.2) is 0 Å². The summed E-state index contributed by atoms with van der Waals surface area (Å²) in [6, 6.07) is 4.25. The van der Waals surface area contributed by atoms with Crippen LogP contribution in [0, 0.1) is 0 Å². The largest absolute Gasteiger partial charge is 0.492 e. The lowest BCUT2D eigenvalue weighted by Gasteiger charge is -2.35. The number of halogens is 1. The van der Waals surface area contributed by atoms with Crippen LogP contribution in [0.5, 0.6) is 5.75 Å². The molecular weight excluding hydrogens is 494 g/mol. The van der Waals surface area contributed by atoms with Gasteiger partial charge in [0.05, 0.1) is 18.2 Å². The minimum atomic E-state index is -0.443. The SMILES string of the molecule is CN(C)C1CCN(C(=O)CCCN2CCC(n3nc(-c4cc(Cl)cc5c4OCCC5)oc3=O)CC2)CC1. The Morgan fingerprint density at radius 1 is 1.14 bits per heavy atom. The molecule has 1 amide bonds. The summed E-state index contributed by atoms with van der Waals surface area (Å²) in [5.74, 6) is 0.819. The molecule has 10 heteroatoms. The number of aryl methyl sites for hydroxylation is 1. The highest BCUT2D eigenvalue weighted by molar-refractivity contribution is 6.31. The van der Waals surface area contributed by atoms with E-state index in [0.717, 1.165) is 89.0 Å². The van der Waals surface area contributed by atoms with Crippen LogP contribution < -0.4 is 10.5 Å². The van der Waals surface area contributed by atoms with Gasteiger partial charge < -0.3 is 23.9 Å². The number of piperidine rings is 2. The van der Waals surface area contributed by atoms with Crippen molar-refractivity contribution in [3.63, 3.8) is 0 Å². The number of carbonyl (C=O) groups excluding carboxylic acids is 1. The van der Waals surface area contributed by atoms with Crippen molar-refractivity contribution in [3.8, 4) is 17.2 Å². The Labute approximate surface area is 223 Å². The maximum Gasteiger partial charge on any atom is 0.437 e. The van der Waals surface area contributed by atoms with E-state index in [-0.39, 0.29) is 17.8 Å². The van der Waals surface area contributed by atoms with E-state index in [1.165, 1.54) is 4.68 Å². The fourth-order valence-electron chi connectivity index (χ4n) is 5.86. The predicted octanol–water partition coefficient (Wildman–Crippen LogP) is 3.45. The Balaban J connectivity index is 1.11. The van der Waals surface area contributed by atoms with Crippen molar-refractivity contribution in [2.24, 2.45) is 0 Å². The van der Waals surface area contributed by atoms with Crippen molar-refractivity contribution >= 4 is 17.5 Å². The number of ether oxygens (including phenoxy) is 1. The number of fused-ring (bicyclic) bond motifs is 1. The molecule has 202 valence electrons. The predicted molar refractivity (Wildman–Crippen MR) is 142 cm³/mol. The third kappa shape index (κ3) is 6.04. The van der Waals surface area contributed by atoms with Crippen LogP contribution in [0.2, 0.25) is 5.02 Å². The van der Waals surface area contributed by atoms with E-state index in [0.29, 0.717) is 29.7 Å². The third-order valence-electron chi connectivity index (χ3n) is 8.08. The number of amides is 1. The Morgan fingerprint density at radius 3 is 2.62 bits per heavy atom. The monoisotopic (exact) mass is 531 g/mol. The Bertz CT molecular complexity index is 1150. The number of hydrogen-bond donors (Lipinski definition) is 0. The number of benzene rings is 1. The number of likely N-dealkylation sites (tertiary alicyclic amines) is 2. The van der Waals surface area contributed by atoms with Crippen molar-refractivity contribution in [3.05, 3.63) is 33.3 Å². The molecule has 3 aliphatic heterocycles. The molecule has 1 aromatic heterocycles.